The summed E-state index contributed by atoms with van der Waals surface area (Å²) in [6.45, 7) is 4.08. The van der Waals surface area contributed by atoms with Crippen LogP contribution in [0.2, 0.25) is 0 Å². The third-order valence-electron chi connectivity index (χ3n) is 4.52. The van der Waals surface area contributed by atoms with E-state index in [-0.39, 0.29) is 5.75 Å². The van der Waals surface area contributed by atoms with Crippen molar-refractivity contribution < 1.29 is 19.4 Å². The van der Waals surface area contributed by atoms with Crippen LogP contribution in [0.25, 0.3) is 0 Å². The minimum absolute atomic E-state index is 0.0372. The fourth-order valence-corrected chi connectivity index (χ4v) is 3.60. The third kappa shape index (κ3) is 3.66. The standard InChI is InChI=1S/C21H22N2O4S/c1-4-27-17-12-14(10-11-16(17)24)19-18(20(25)26-3)13(2)23(21(28)22-19)15-8-6-5-7-9-15/h5-12,19,24H,4H2,1-3H3,(H,22,28). The molecule has 7 heteroatoms. The first-order valence-corrected chi connectivity index (χ1v) is 9.29. The molecule has 0 saturated heterocycles. The summed E-state index contributed by atoms with van der Waals surface area (Å²) in [6, 6.07) is 14.0. The highest BCUT2D eigenvalue weighted by molar-refractivity contribution is 7.80. The first kappa shape index (κ1) is 19.7. The number of ether oxygens (including phenoxy) is 2. The molecule has 0 aromatic heterocycles. The van der Waals surface area contributed by atoms with Crippen molar-refractivity contribution in [2.24, 2.45) is 0 Å². The maximum absolute atomic E-state index is 12.7. The van der Waals surface area contributed by atoms with Gasteiger partial charge in [-0.15, -0.1) is 0 Å². The predicted molar refractivity (Wildman–Crippen MR) is 111 cm³/mol. The highest BCUT2D eigenvalue weighted by Crippen LogP contribution is 2.37. The Morgan fingerprint density at radius 1 is 1.25 bits per heavy atom. The first-order valence-electron chi connectivity index (χ1n) is 8.88. The number of carbonyl (C=O) groups excluding carboxylic acids is 1. The van der Waals surface area contributed by atoms with Crippen molar-refractivity contribution in [1.82, 2.24) is 5.32 Å². The average molecular weight is 398 g/mol. The summed E-state index contributed by atoms with van der Waals surface area (Å²) in [5.41, 5.74) is 2.69. The van der Waals surface area contributed by atoms with Gasteiger partial charge in [-0.2, -0.15) is 0 Å². The lowest BCUT2D eigenvalue weighted by Crippen LogP contribution is -2.48. The number of nitrogens with zero attached hydrogens (tertiary/aromatic N) is 1. The lowest BCUT2D eigenvalue weighted by Gasteiger charge is -2.37. The Morgan fingerprint density at radius 2 is 1.96 bits per heavy atom. The zero-order valence-corrected chi connectivity index (χ0v) is 16.7. The molecule has 0 fully saturated rings. The molecule has 1 aliphatic heterocycles. The number of thiocarbonyl (C=S) groups is 1. The highest BCUT2D eigenvalue weighted by Gasteiger charge is 2.35. The number of phenols is 1. The van der Waals surface area contributed by atoms with Crippen molar-refractivity contribution in [2.75, 3.05) is 18.6 Å². The Kier molecular flexibility index (Phi) is 5.84. The quantitative estimate of drug-likeness (QED) is 0.588. The Labute approximate surface area is 169 Å². The summed E-state index contributed by atoms with van der Waals surface area (Å²) in [4.78, 5) is 14.5. The molecule has 2 N–H and O–H groups in total. The molecule has 6 nitrogen and oxygen atoms in total. The van der Waals surface area contributed by atoms with E-state index in [1.54, 1.807) is 18.2 Å². The molecule has 0 spiro atoms. The molecule has 1 unspecified atom stereocenters. The van der Waals surface area contributed by atoms with Crippen LogP contribution in [0.1, 0.15) is 25.5 Å². The maximum Gasteiger partial charge on any atom is 0.337 e. The van der Waals surface area contributed by atoms with E-state index < -0.39 is 12.0 Å². The number of benzene rings is 2. The van der Waals surface area contributed by atoms with Crippen LogP contribution in [0.5, 0.6) is 11.5 Å². The Bertz CT molecular complexity index is 927. The van der Waals surface area contributed by atoms with Gasteiger partial charge < -0.3 is 19.9 Å². The van der Waals surface area contributed by atoms with Gasteiger partial charge >= 0.3 is 5.97 Å². The number of carbonyl (C=O) groups is 1. The fourth-order valence-electron chi connectivity index (χ4n) is 3.24. The van der Waals surface area contributed by atoms with Gasteiger partial charge in [0, 0.05) is 11.4 Å². The summed E-state index contributed by atoms with van der Waals surface area (Å²) in [7, 11) is 1.35. The fraction of sp³-hybridized carbons (Fsp3) is 0.238. The molecule has 1 heterocycles. The van der Waals surface area contributed by atoms with Crippen LogP contribution in [0.3, 0.4) is 0 Å². The lowest BCUT2D eigenvalue weighted by molar-refractivity contribution is -0.136. The van der Waals surface area contributed by atoms with Gasteiger partial charge in [0.2, 0.25) is 0 Å². The van der Waals surface area contributed by atoms with E-state index in [0.29, 0.717) is 28.7 Å². The lowest BCUT2D eigenvalue weighted by atomic mass is 9.94. The molecule has 1 aliphatic rings. The normalized spacial score (nSPS) is 16.6. The highest BCUT2D eigenvalue weighted by atomic mass is 32.1. The number of anilines is 1. The van der Waals surface area contributed by atoms with E-state index in [0.717, 1.165) is 11.3 Å². The minimum atomic E-state index is -0.528. The number of methoxy groups -OCH3 is 1. The van der Waals surface area contributed by atoms with Crippen LogP contribution in [-0.4, -0.2) is 29.9 Å². The molecule has 0 amide bonds. The van der Waals surface area contributed by atoms with Crippen LogP contribution >= 0.6 is 12.2 Å². The molecule has 1 atom stereocenters. The summed E-state index contributed by atoms with van der Waals surface area (Å²) in [6.07, 6.45) is 0. The number of para-hydroxylation sites is 1. The van der Waals surface area contributed by atoms with Crippen molar-refractivity contribution in [2.45, 2.75) is 19.9 Å². The predicted octanol–water partition coefficient (Wildman–Crippen LogP) is 3.67. The van der Waals surface area contributed by atoms with Gasteiger partial charge in [-0.25, -0.2) is 4.79 Å². The van der Waals surface area contributed by atoms with E-state index in [1.165, 1.54) is 7.11 Å². The molecule has 0 bridgehead atoms. The maximum atomic E-state index is 12.7. The molecular formula is C21H22N2O4S. The zero-order chi connectivity index (χ0) is 20.3. The SMILES string of the molecule is CCOc1cc(C2NC(=S)N(c3ccccc3)C(C)=C2C(=O)OC)ccc1O. The van der Waals surface area contributed by atoms with Crippen molar-refractivity contribution in [1.29, 1.82) is 0 Å². The summed E-state index contributed by atoms with van der Waals surface area (Å²) in [5.74, 6) is -0.0697. The summed E-state index contributed by atoms with van der Waals surface area (Å²) < 4.78 is 10.5. The minimum Gasteiger partial charge on any atom is -0.504 e. The van der Waals surface area contributed by atoms with Crippen molar-refractivity contribution in [3.63, 3.8) is 0 Å². The van der Waals surface area contributed by atoms with E-state index in [1.807, 2.05) is 49.1 Å². The number of esters is 1. The van der Waals surface area contributed by atoms with Gasteiger partial charge in [0.15, 0.2) is 16.6 Å². The molecule has 0 aliphatic carbocycles. The van der Waals surface area contributed by atoms with Gasteiger partial charge in [0.1, 0.15) is 0 Å². The van der Waals surface area contributed by atoms with E-state index in [4.69, 9.17) is 21.7 Å². The Morgan fingerprint density at radius 3 is 2.61 bits per heavy atom. The number of hydrogen-bond donors (Lipinski definition) is 2. The van der Waals surface area contributed by atoms with Crippen molar-refractivity contribution in [3.05, 3.63) is 65.4 Å². The number of phenolic OH excluding ortho intramolecular Hbond substituents is 1. The Balaban J connectivity index is 2.12. The van der Waals surface area contributed by atoms with Gasteiger partial charge in [0.25, 0.3) is 0 Å². The first-order chi connectivity index (χ1) is 13.5. The van der Waals surface area contributed by atoms with Crippen LogP contribution in [0.4, 0.5) is 5.69 Å². The Hall–Kier alpha value is -3.06. The van der Waals surface area contributed by atoms with Crippen LogP contribution in [0.15, 0.2) is 59.8 Å². The molecular weight excluding hydrogens is 376 g/mol. The number of allylic oxidation sites excluding steroid dienone is 1. The second kappa shape index (κ2) is 8.31. The van der Waals surface area contributed by atoms with Crippen molar-refractivity contribution in [3.8, 4) is 11.5 Å². The van der Waals surface area contributed by atoms with Crippen LogP contribution in [0, 0.1) is 0 Å². The van der Waals surface area contributed by atoms with Gasteiger partial charge in [-0.1, -0.05) is 24.3 Å². The van der Waals surface area contributed by atoms with E-state index in [9.17, 15) is 9.90 Å². The summed E-state index contributed by atoms with van der Waals surface area (Å²) in [5, 5.41) is 13.7. The average Bonchev–Trinajstić information content (AvgIpc) is 2.69. The molecule has 2 aromatic rings. The van der Waals surface area contributed by atoms with Gasteiger partial charge in [-0.05, 0) is 55.9 Å². The second-order valence-electron chi connectivity index (χ2n) is 6.20. The number of hydrogen-bond acceptors (Lipinski definition) is 5. The van der Waals surface area contributed by atoms with Crippen LogP contribution < -0.4 is 15.0 Å². The van der Waals surface area contributed by atoms with E-state index >= 15 is 0 Å². The van der Waals surface area contributed by atoms with Gasteiger partial charge in [-0.3, -0.25) is 4.90 Å². The van der Waals surface area contributed by atoms with E-state index in [2.05, 4.69) is 5.32 Å². The molecule has 0 saturated carbocycles. The van der Waals surface area contributed by atoms with Crippen LogP contribution in [-0.2, 0) is 9.53 Å². The molecule has 146 valence electrons. The summed E-state index contributed by atoms with van der Waals surface area (Å²) >= 11 is 5.60. The number of aromatic hydroxyl groups is 1. The largest absolute Gasteiger partial charge is 0.504 e. The topological polar surface area (TPSA) is 71.0 Å². The molecule has 2 aromatic carbocycles. The monoisotopic (exact) mass is 398 g/mol. The molecule has 28 heavy (non-hydrogen) atoms. The van der Waals surface area contributed by atoms with Gasteiger partial charge in [0.05, 0.1) is 25.3 Å². The smallest absolute Gasteiger partial charge is 0.337 e. The second-order valence-corrected chi connectivity index (χ2v) is 6.59. The van der Waals surface area contributed by atoms with Crippen molar-refractivity contribution >= 4 is 29.0 Å². The molecule has 0 radical (unpaired) electrons. The number of rotatable bonds is 5. The number of nitrogens with one attached hydrogen (secondary N) is 1. The third-order valence-corrected chi connectivity index (χ3v) is 4.82. The zero-order valence-electron chi connectivity index (χ0n) is 15.9. The molecule has 3 rings (SSSR count).